The van der Waals surface area contributed by atoms with Gasteiger partial charge in [-0.2, -0.15) is 0 Å². The second-order valence-corrected chi connectivity index (χ2v) is 3.64. The van der Waals surface area contributed by atoms with Crippen LogP contribution in [0.5, 0.6) is 0 Å². The molecule has 2 rings (SSSR count). The average Bonchev–Trinajstić information content (AvgIpc) is 2.56. The molecular formula is C9H15NO2. The van der Waals surface area contributed by atoms with Gasteiger partial charge in [-0.15, -0.1) is 0 Å². The van der Waals surface area contributed by atoms with E-state index in [4.69, 9.17) is 4.74 Å². The van der Waals surface area contributed by atoms with Crippen LogP contribution in [0.25, 0.3) is 0 Å². The standard InChI is InChI=1S/C9H15NO2/c1-2-3-6-8-7(4-5-10-8)12-9(6)11/h6-8,10H,2-5H2,1H3. The van der Waals surface area contributed by atoms with Crippen LogP contribution in [0.2, 0.25) is 0 Å². The lowest BCUT2D eigenvalue weighted by Crippen LogP contribution is -2.33. The van der Waals surface area contributed by atoms with E-state index < -0.39 is 0 Å². The number of esters is 1. The van der Waals surface area contributed by atoms with Crippen LogP contribution in [-0.2, 0) is 9.53 Å². The Morgan fingerprint density at radius 1 is 1.67 bits per heavy atom. The first-order valence-electron chi connectivity index (χ1n) is 4.77. The third kappa shape index (κ3) is 1.12. The van der Waals surface area contributed by atoms with Crippen molar-refractivity contribution in [1.29, 1.82) is 0 Å². The summed E-state index contributed by atoms with van der Waals surface area (Å²) >= 11 is 0. The van der Waals surface area contributed by atoms with Gasteiger partial charge in [-0.25, -0.2) is 0 Å². The van der Waals surface area contributed by atoms with Gasteiger partial charge in [-0.3, -0.25) is 4.79 Å². The third-order valence-electron chi connectivity index (χ3n) is 2.81. The molecule has 3 heteroatoms. The van der Waals surface area contributed by atoms with Crippen LogP contribution in [0.1, 0.15) is 26.2 Å². The molecule has 0 bridgehead atoms. The fourth-order valence-corrected chi connectivity index (χ4v) is 2.23. The van der Waals surface area contributed by atoms with Gasteiger partial charge in [-0.1, -0.05) is 13.3 Å². The molecule has 68 valence electrons. The number of hydrogen-bond donors (Lipinski definition) is 1. The molecule has 0 spiro atoms. The van der Waals surface area contributed by atoms with Crippen molar-refractivity contribution < 1.29 is 9.53 Å². The predicted molar refractivity (Wildman–Crippen MR) is 44.7 cm³/mol. The molecule has 0 radical (unpaired) electrons. The molecule has 0 aromatic carbocycles. The molecule has 0 amide bonds. The zero-order valence-corrected chi connectivity index (χ0v) is 7.38. The minimum Gasteiger partial charge on any atom is -0.460 e. The maximum Gasteiger partial charge on any atom is 0.310 e. The number of hydrogen-bond acceptors (Lipinski definition) is 3. The maximum atomic E-state index is 11.3. The Bertz CT molecular complexity index is 193. The van der Waals surface area contributed by atoms with E-state index in [1.807, 2.05) is 0 Å². The summed E-state index contributed by atoms with van der Waals surface area (Å²) in [6, 6.07) is 0.317. The minimum absolute atomic E-state index is 0.0130. The number of ether oxygens (including phenoxy) is 1. The number of carbonyl (C=O) groups excluding carboxylic acids is 1. The Kier molecular flexibility index (Phi) is 2.05. The molecule has 0 aromatic heterocycles. The fourth-order valence-electron chi connectivity index (χ4n) is 2.23. The molecule has 0 aliphatic carbocycles. The molecule has 2 aliphatic heterocycles. The number of nitrogens with one attached hydrogen (secondary N) is 1. The molecule has 0 aromatic rings. The maximum absolute atomic E-state index is 11.3. The molecule has 2 aliphatic rings. The van der Waals surface area contributed by atoms with E-state index in [1.165, 1.54) is 0 Å². The van der Waals surface area contributed by atoms with E-state index >= 15 is 0 Å². The topological polar surface area (TPSA) is 38.3 Å². The van der Waals surface area contributed by atoms with Gasteiger partial charge in [0, 0.05) is 0 Å². The van der Waals surface area contributed by atoms with E-state index in [2.05, 4.69) is 12.2 Å². The Labute approximate surface area is 72.5 Å². The van der Waals surface area contributed by atoms with Crippen LogP contribution in [0, 0.1) is 5.92 Å². The molecule has 2 saturated heterocycles. The van der Waals surface area contributed by atoms with Gasteiger partial charge in [0.1, 0.15) is 6.10 Å². The van der Waals surface area contributed by atoms with Crippen molar-refractivity contribution in [2.24, 2.45) is 5.92 Å². The summed E-state index contributed by atoms with van der Waals surface area (Å²) in [7, 11) is 0. The van der Waals surface area contributed by atoms with Gasteiger partial charge < -0.3 is 10.1 Å². The molecular weight excluding hydrogens is 154 g/mol. The van der Waals surface area contributed by atoms with Crippen molar-refractivity contribution in [3.05, 3.63) is 0 Å². The van der Waals surface area contributed by atoms with Crippen LogP contribution in [0.3, 0.4) is 0 Å². The summed E-state index contributed by atoms with van der Waals surface area (Å²) in [6.07, 6.45) is 3.20. The highest BCUT2D eigenvalue weighted by atomic mass is 16.6. The highest BCUT2D eigenvalue weighted by Gasteiger charge is 2.46. The van der Waals surface area contributed by atoms with Crippen molar-refractivity contribution in [2.75, 3.05) is 6.54 Å². The van der Waals surface area contributed by atoms with Crippen molar-refractivity contribution in [3.63, 3.8) is 0 Å². The first kappa shape index (κ1) is 8.05. The lowest BCUT2D eigenvalue weighted by molar-refractivity contribution is -0.144. The van der Waals surface area contributed by atoms with Crippen LogP contribution < -0.4 is 5.32 Å². The normalized spacial score (nSPS) is 39.8. The van der Waals surface area contributed by atoms with E-state index in [1.54, 1.807) is 0 Å². The zero-order chi connectivity index (χ0) is 8.55. The van der Waals surface area contributed by atoms with E-state index in [0.717, 1.165) is 25.8 Å². The third-order valence-corrected chi connectivity index (χ3v) is 2.81. The predicted octanol–water partition coefficient (Wildman–Crippen LogP) is 0.690. The SMILES string of the molecule is CCCC1C(=O)OC2CCNC21. The van der Waals surface area contributed by atoms with Crippen LogP contribution in [-0.4, -0.2) is 24.7 Å². The molecule has 3 atom stereocenters. The molecule has 3 unspecified atom stereocenters. The summed E-state index contributed by atoms with van der Waals surface area (Å²) in [5.41, 5.74) is 0. The molecule has 1 N–H and O–H groups in total. The van der Waals surface area contributed by atoms with Gasteiger partial charge in [0.05, 0.1) is 12.0 Å². The Balaban J connectivity index is 2.05. The van der Waals surface area contributed by atoms with Crippen molar-refractivity contribution in [2.45, 2.75) is 38.3 Å². The fraction of sp³-hybridized carbons (Fsp3) is 0.889. The van der Waals surface area contributed by atoms with Crippen LogP contribution >= 0.6 is 0 Å². The first-order chi connectivity index (χ1) is 5.83. The Morgan fingerprint density at radius 3 is 3.25 bits per heavy atom. The number of fused-ring (bicyclic) bond motifs is 1. The molecule has 0 saturated carbocycles. The van der Waals surface area contributed by atoms with E-state index in [-0.39, 0.29) is 18.0 Å². The van der Waals surface area contributed by atoms with Crippen molar-refractivity contribution >= 4 is 5.97 Å². The highest BCUT2D eigenvalue weighted by Crippen LogP contribution is 2.30. The van der Waals surface area contributed by atoms with Crippen molar-refractivity contribution in [3.8, 4) is 0 Å². The summed E-state index contributed by atoms with van der Waals surface area (Å²) in [5.74, 6) is 0.140. The Hall–Kier alpha value is -0.570. The first-order valence-corrected chi connectivity index (χ1v) is 4.77. The number of carbonyl (C=O) groups is 1. The van der Waals surface area contributed by atoms with Gasteiger partial charge in [-0.05, 0) is 19.4 Å². The molecule has 12 heavy (non-hydrogen) atoms. The summed E-state index contributed by atoms with van der Waals surface area (Å²) < 4.78 is 5.25. The second kappa shape index (κ2) is 3.05. The number of rotatable bonds is 2. The smallest absolute Gasteiger partial charge is 0.310 e. The van der Waals surface area contributed by atoms with Crippen LogP contribution in [0.4, 0.5) is 0 Å². The molecule has 2 heterocycles. The minimum atomic E-state index is 0.0130. The second-order valence-electron chi connectivity index (χ2n) is 3.64. The largest absolute Gasteiger partial charge is 0.460 e. The Morgan fingerprint density at radius 2 is 2.50 bits per heavy atom. The van der Waals surface area contributed by atoms with Crippen LogP contribution in [0.15, 0.2) is 0 Å². The van der Waals surface area contributed by atoms with Gasteiger partial charge >= 0.3 is 5.97 Å². The highest BCUT2D eigenvalue weighted by molar-refractivity contribution is 5.76. The van der Waals surface area contributed by atoms with Gasteiger partial charge in [0.2, 0.25) is 0 Å². The van der Waals surface area contributed by atoms with Gasteiger partial charge in [0.15, 0.2) is 0 Å². The van der Waals surface area contributed by atoms with Gasteiger partial charge in [0.25, 0.3) is 0 Å². The monoisotopic (exact) mass is 169 g/mol. The van der Waals surface area contributed by atoms with Crippen molar-refractivity contribution in [1.82, 2.24) is 5.32 Å². The van der Waals surface area contributed by atoms with E-state index in [0.29, 0.717) is 6.04 Å². The summed E-state index contributed by atoms with van der Waals surface area (Å²) in [6.45, 7) is 3.11. The van der Waals surface area contributed by atoms with E-state index in [9.17, 15) is 4.79 Å². The lowest BCUT2D eigenvalue weighted by Gasteiger charge is -2.12. The quantitative estimate of drug-likeness (QED) is 0.618. The molecule has 2 fully saturated rings. The lowest BCUT2D eigenvalue weighted by atomic mass is 9.95. The zero-order valence-electron chi connectivity index (χ0n) is 7.38. The average molecular weight is 169 g/mol. The summed E-state index contributed by atoms with van der Waals surface area (Å²) in [4.78, 5) is 11.3. The summed E-state index contributed by atoms with van der Waals surface area (Å²) in [5, 5.41) is 3.34. The molecule has 3 nitrogen and oxygen atoms in total.